The molecule has 1 atom stereocenters. The first kappa shape index (κ1) is 18.2. The lowest BCUT2D eigenvalue weighted by atomic mass is 10.1. The van der Waals surface area contributed by atoms with Crippen molar-refractivity contribution in [3.63, 3.8) is 0 Å². The zero-order chi connectivity index (χ0) is 18.7. The molecule has 1 fully saturated rings. The van der Waals surface area contributed by atoms with Gasteiger partial charge < -0.3 is 19.8 Å². The number of anilines is 1. The Balaban J connectivity index is 1.68. The number of Topliss-reactive ketones (excluding diaryl/α,β-unsaturated/α-hetero) is 1. The van der Waals surface area contributed by atoms with Crippen LogP contribution in [0.4, 0.5) is 5.69 Å². The summed E-state index contributed by atoms with van der Waals surface area (Å²) in [6, 6.07) is 7.26. The van der Waals surface area contributed by atoms with E-state index < -0.39 is 0 Å². The predicted molar refractivity (Wildman–Crippen MR) is 99.1 cm³/mol. The fourth-order valence-corrected chi connectivity index (χ4v) is 3.33. The number of hydrogen-bond acceptors (Lipinski definition) is 4. The highest BCUT2D eigenvalue weighted by molar-refractivity contribution is 6.07. The van der Waals surface area contributed by atoms with Gasteiger partial charge in [0.05, 0.1) is 6.10 Å². The summed E-state index contributed by atoms with van der Waals surface area (Å²) in [7, 11) is 0. The van der Waals surface area contributed by atoms with Crippen LogP contribution in [0, 0.1) is 13.8 Å². The van der Waals surface area contributed by atoms with Crippen LogP contribution in [0.2, 0.25) is 0 Å². The molecule has 1 aromatic carbocycles. The summed E-state index contributed by atoms with van der Waals surface area (Å²) in [5, 5.41) is 2.85. The average molecular weight is 356 g/mol. The zero-order valence-corrected chi connectivity index (χ0v) is 15.3. The van der Waals surface area contributed by atoms with E-state index in [0.29, 0.717) is 40.6 Å². The molecule has 0 bridgehead atoms. The number of carbonyl (C=O) groups is 2. The number of aromatic nitrogens is 1. The molecule has 2 aromatic rings. The Morgan fingerprint density at radius 1 is 1.35 bits per heavy atom. The van der Waals surface area contributed by atoms with Crippen LogP contribution in [-0.2, 0) is 4.74 Å². The third-order valence-electron chi connectivity index (χ3n) is 4.57. The number of benzene rings is 1. The predicted octanol–water partition coefficient (Wildman–Crippen LogP) is 3.64. The Morgan fingerprint density at radius 3 is 2.81 bits per heavy atom. The van der Waals surface area contributed by atoms with Gasteiger partial charge in [0.15, 0.2) is 5.78 Å². The lowest BCUT2D eigenvalue weighted by molar-refractivity contribution is 0.0679. The van der Waals surface area contributed by atoms with E-state index in [1.165, 1.54) is 6.92 Å². The van der Waals surface area contributed by atoms with Crippen LogP contribution in [0.15, 0.2) is 24.3 Å². The molecule has 0 saturated carbocycles. The number of aryl methyl sites for hydroxylation is 1. The first-order valence-corrected chi connectivity index (χ1v) is 8.81. The molecule has 6 heteroatoms. The van der Waals surface area contributed by atoms with Crippen molar-refractivity contribution in [2.45, 2.75) is 39.7 Å². The summed E-state index contributed by atoms with van der Waals surface area (Å²) in [6.45, 7) is 6.37. The van der Waals surface area contributed by atoms with Crippen molar-refractivity contribution in [3.8, 4) is 5.75 Å². The molecule has 1 aromatic heterocycles. The Hall–Kier alpha value is -2.60. The number of H-pyrrole nitrogens is 1. The van der Waals surface area contributed by atoms with Crippen molar-refractivity contribution in [2.24, 2.45) is 0 Å². The minimum absolute atomic E-state index is 0.0557. The van der Waals surface area contributed by atoms with Crippen LogP contribution in [0.5, 0.6) is 5.75 Å². The number of ketones is 1. The van der Waals surface area contributed by atoms with Gasteiger partial charge in [0.25, 0.3) is 5.91 Å². The van der Waals surface area contributed by atoms with Crippen LogP contribution < -0.4 is 10.1 Å². The number of rotatable bonds is 6. The minimum Gasteiger partial charge on any atom is -0.491 e. The smallest absolute Gasteiger partial charge is 0.272 e. The lowest BCUT2D eigenvalue weighted by Gasteiger charge is -2.12. The quantitative estimate of drug-likeness (QED) is 0.774. The summed E-state index contributed by atoms with van der Waals surface area (Å²) < 4.78 is 11.3. The Labute approximate surface area is 152 Å². The second-order valence-corrected chi connectivity index (χ2v) is 6.61. The van der Waals surface area contributed by atoms with E-state index >= 15 is 0 Å². The standard InChI is InChI=1S/C20H24N2O4/c1-12-18(14(3)23)13(2)21-19(12)20(24)22-15-6-4-7-16(10-15)26-11-17-8-5-9-25-17/h4,6-7,10,17,21H,5,8-9,11H2,1-3H3,(H,22,24). The number of aromatic amines is 1. The topological polar surface area (TPSA) is 80.4 Å². The van der Waals surface area contributed by atoms with E-state index in [0.717, 1.165) is 19.4 Å². The Morgan fingerprint density at radius 2 is 2.15 bits per heavy atom. The molecule has 2 N–H and O–H groups in total. The molecular formula is C20H24N2O4. The van der Waals surface area contributed by atoms with Crippen LogP contribution in [0.3, 0.4) is 0 Å². The maximum atomic E-state index is 12.6. The van der Waals surface area contributed by atoms with E-state index in [2.05, 4.69) is 10.3 Å². The normalized spacial score (nSPS) is 16.5. The van der Waals surface area contributed by atoms with Crippen molar-refractivity contribution in [1.82, 2.24) is 4.98 Å². The Kier molecular flexibility index (Phi) is 5.42. The van der Waals surface area contributed by atoms with Gasteiger partial charge >= 0.3 is 0 Å². The fraction of sp³-hybridized carbons (Fsp3) is 0.400. The highest BCUT2D eigenvalue weighted by Gasteiger charge is 2.20. The molecule has 6 nitrogen and oxygen atoms in total. The third kappa shape index (κ3) is 3.96. The molecule has 1 unspecified atom stereocenters. The summed E-state index contributed by atoms with van der Waals surface area (Å²) in [6.07, 6.45) is 2.23. The molecule has 1 saturated heterocycles. The monoisotopic (exact) mass is 356 g/mol. The van der Waals surface area contributed by atoms with Crippen molar-refractivity contribution in [1.29, 1.82) is 0 Å². The lowest BCUT2D eigenvalue weighted by Crippen LogP contribution is -2.16. The number of hydrogen-bond donors (Lipinski definition) is 2. The van der Waals surface area contributed by atoms with Gasteiger partial charge in [0, 0.05) is 29.6 Å². The number of carbonyl (C=O) groups excluding carboxylic acids is 2. The van der Waals surface area contributed by atoms with Gasteiger partial charge in [0.2, 0.25) is 0 Å². The van der Waals surface area contributed by atoms with Gasteiger partial charge in [-0.15, -0.1) is 0 Å². The van der Waals surface area contributed by atoms with E-state index in [1.807, 2.05) is 12.1 Å². The van der Waals surface area contributed by atoms with Gasteiger partial charge in [0.1, 0.15) is 18.1 Å². The number of amides is 1. The largest absolute Gasteiger partial charge is 0.491 e. The maximum absolute atomic E-state index is 12.6. The van der Waals surface area contributed by atoms with Gasteiger partial charge in [-0.25, -0.2) is 0 Å². The molecule has 1 aliphatic rings. The summed E-state index contributed by atoms with van der Waals surface area (Å²) in [5.41, 5.74) is 2.98. The van der Waals surface area contributed by atoms with Crippen LogP contribution in [0.25, 0.3) is 0 Å². The molecule has 0 radical (unpaired) electrons. The van der Waals surface area contributed by atoms with E-state index in [4.69, 9.17) is 9.47 Å². The molecule has 3 rings (SSSR count). The molecular weight excluding hydrogens is 332 g/mol. The van der Waals surface area contributed by atoms with Gasteiger partial charge in [-0.1, -0.05) is 6.07 Å². The molecule has 1 aliphatic heterocycles. The first-order valence-electron chi connectivity index (χ1n) is 8.81. The van der Waals surface area contributed by atoms with Crippen LogP contribution in [-0.4, -0.2) is 36.0 Å². The van der Waals surface area contributed by atoms with E-state index in [1.54, 1.807) is 26.0 Å². The average Bonchev–Trinajstić information content (AvgIpc) is 3.21. The number of nitrogens with one attached hydrogen (secondary N) is 2. The fourth-order valence-electron chi connectivity index (χ4n) is 3.33. The Bertz CT molecular complexity index is 819. The summed E-state index contributed by atoms with van der Waals surface area (Å²) >= 11 is 0. The highest BCUT2D eigenvalue weighted by Crippen LogP contribution is 2.22. The second kappa shape index (κ2) is 7.74. The van der Waals surface area contributed by atoms with E-state index in [-0.39, 0.29) is 17.8 Å². The van der Waals surface area contributed by atoms with Gasteiger partial charge in [-0.05, 0) is 51.3 Å². The van der Waals surface area contributed by atoms with Crippen molar-refractivity contribution in [2.75, 3.05) is 18.5 Å². The zero-order valence-electron chi connectivity index (χ0n) is 15.3. The third-order valence-corrected chi connectivity index (χ3v) is 4.57. The molecule has 138 valence electrons. The molecule has 2 heterocycles. The second-order valence-electron chi connectivity index (χ2n) is 6.61. The van der Waals surface area contributed by atoms with Crippen molar-refractivity contribution < 1.29 is 19.1 Å². The van der Waals surface area contributed by atoms with Crippen LogP contribution >= 0.6 is 0 Å². The molecule has 1 amide bonds. The SMILES string of the molecule is CC(=O)c1c(C)[nH]c(C(=O)Nc2cccc(OCC3CCCO3)c2)c1C. The summed E-state index contributed by atoms with van der Waals surface area (Å²) in [5.74, 6) is 0.344. The van der Waals surface area contributed by atoms with Crippen molar-refractivity contribution >= 4 is 17.4 Å². The van der Waals surface area contributed by atoms with Crippen LogP contribution in [0.1, 0.15) is 51.9 Å². The van der Waals surface area contributed by atoms with Gasteiger partial charge in [-0.2, -0.15) is 0 Å². The summed E-state index contributed by atoms with van der Waals surface area (Å²) in [4.78, 5) is 27.3. The first-order chi connectivity index (χ1) is 12.5. The number of ether oxygens (including phenoxy) is 2. The maximum Gasteiger partial charge on any atom is 0.272 e. The van der Waals surface area contributed by atoms with E-state index in [9.17, 15) is 9.59 Å². The molecule has 0 spiro atoms. The van der Waals surface area contributed by atoms with Crippen molar-refractivity contribution in [3.05, 3.63) is 46.8 Å². The van der Waals surface area contributed by atoms with Gasteiger partial charge in [-0.3, -0.25) is 9.59 Å². The highest BCUT2D eigenvalue weighted by atomic mass is 16.5. The molecule has 26 heavy (non-hydrogen) atoms. The minimum atomic E-state index is -0.283. The molecule has 0 aliphatic carbocycles.